The van der Waals surface area contributed by atoms with Crippen molar-refractivity contribution in [2.24, 2.45) is 0 Å². The third kappa shape index (κ3) is 4.82. The number of hydrogen-bond donors (Lipinski definition) is 2. The topological polar surface area (TPSA) is 94.1 Å². The molecular formula is C30H32BrNO6. The number of aromatic hydroxyl groups is 1. The van der Waals surface area contributed by atoms with E-state index in [2.05, 4.69) is 21.2 Å². The lowest BCUT2D eigenvalue weighted by Crippen LogP contribution is -2.36. The number of benzene rings is 2. The standard InChI is InChI=1S/C30H32BrNO6/c1-16-26(30(35)38-19-8-4-5-9-19)27(18-12-21(31)29(34)25(15-18)37-3)28-22(32-16)13-17(14-23(28)33)20-10-6-7-11-24(20)36-2/h6-7,10-12,15,17,19,27,32,34H,4-5,8-9,13-14H2,1-3H3/t17-,27-/m1/s1. The van der Waals surface area contributed by atoms with Gasteiger partial charge in [-0.2, -0.15) is 0 Å². The van der Waals surface area contributed by atoms with E-state index in [9.17, 15) is 14.7 Å². The van der Waals surface area contributed by atoms with E-state index in [-0.39, 0.29) is 35.7 Å². The van der Waals surface area contributed by atoms with E-state index in [1.807, 2.05) is 31.2 Å². The number of methoxy groups -OCH3 is 2. The normalized spacial score (nSPS) is 21.7. The third-order valence-electron chi connectivity index (χ3n) is 7.81. The van der Waals surface area contributed by atoms with Crippen LogP contribution in [0, 0.1) is 0 Å². The Kier molecular flexibility index (Phi) is 7.52. The van der Waals surface area contributed by atoms with Crippen LogP contribution in [-0.4, -0.2) is 37.2 Å². The van der Waals surface area contributed by atoms with Crippen molar-refractivity contribution < 1.29 is 28.9 Å². The molecule has 2 aromatic carbocycles. The predicted molar refractivity (Wildman–Crippen MR) is 146 cm³/mol. The summed E-state index contributed by atoms with van der Waals surface area (Å²) in [5, 5.41) is 13.9. The summed E-state index contributed by atoms with van der Waals surface area (Å²) < 4.78 is 17.3. The number of rotatable bonds is 6. The molecule has 1 heterocycles. The number of dihydropyridines is 1. The van der Waals surface area contributed by atoms with Gasteiger partial charge in [-0.25, -0.2) is 4.79 Å². The quantitative estimate of drug-likeness (QED) is 0.403. The molecule has 0 aromatic heterocycles. The van der Waals surface area contributed by atoms with Crippen molar-refractivity contribution in [2.45, 2.75) is 63.4 Å². The van der Waals surface area contributed by atoms with Crippen molar-refractivity contribution >= 4 is 27.7 Å². The maximum Gasteiger partial charge on any atom is 0.337 e. The van der Waals surface area contributed by atoms with Gasteiger partial charge < -0.3 is 24.6 Å². The van der Waals surface area contributed by atoms with Gasteiger partial charge in [0.15, 0.2) is 17.3 Å². The Labute approximate surface area is 231 Å². The fraction of sp³-hybridized carbons (Fsp3) is 0.400. The van der Waals surface area contributed by atoms with Crippen LogP contribution in [0.5, 0.6) is 17.2 Å². The Balaban J connectivity index is 1.60. The molecule has 1 aliphatic heterocycles. The molecule has 0 saturated heterocycles. The number of phenolic OH excluding ortho intramolecular Hbond substituents is 1. The van der Waals surface area contributed by atoms with Crippen molar-refractivity contribution in [2.75, 3.05) is 14.2 Å². The summed E-state index contributed by atoms with van der Waals surface area (Å²) in [7, 11) is 3.10. The number of para-hydroxylation sites is 1. The first-order valence-electron chi connectivity index (χ1n) is 13.0. The van der Waals surface area contributed by atoms with Crippen LogP contribution >= 0.6 is 15.9 Å². The maximum atomic E-state index is 13.9. The summed E-state index contributed by atoms with van der Waals surface area (Å²) in [5.74, 6) is -0.207. The minimum atomic E-state index is -0.655. The van der Waals surface area contributed by atoms with E-state index in [4.69, 9.17) is 14.2 Å². The number of hydrogen-bond acceptors (Lipinski definition) is 7. The number of esters is 1. The van der Waals surface area contributed by atoms with Gasteiger partial charge in [0.05, 0.1) is 24.3 Å². The van der Waals surface area contributed by atoms with Crippen molar-refractivity contribution in [1.82, 2.24) is 5.32 Å². The van der Waals surface area contributed by atoms with E-state index in [1.165, 1.54) is 7.11 Å². The largest absolute Gasteiger partial charge is 0.503 e. The van der Waals surface area contributed by atoms with Crippen LogP contribution in [0.15, 0.2) is 63.4 Å². The lowest BCUT2D eigenvalue weighted by atomic mass is 9.71. The highest BCUT2D eigenvalue weighted by Crippen LogP contribution is 2.49. The molecule has 200 valence electrons. The Hall–Kier alpha value is -3.26. The number of Topliss-reactive ketones (excluding diaryl/α,β-unsaturated/α-hetero) is 1. The Morgan fingerprint density at radius 3 is 2.47 bits per heavy atom. The fourth-order valence-electron chi connectivity index (χ4n) is 6.00. The molecule has 0 radical (unpaired) electrons. The molecule has 7 nitrogen and oxygen atoms in total. The first kappa shape index (κ1) is 26.4. The van der Waals surface area contributed by atoms with Gasteiger partial charge >= 0.3 is 5.97 Å². The molecule has 1 saturated carbocycles. The predicted octanol–water partition coefficient (Wildman–Crippen LogP) is 6.02. The summed E-state index contributed by atoms with van der Waals surface area (Å²) in [4.78, 5) is 27.6. The average Bonchev–Trinajstić information content (AvgIpc) is 3.42. The molecule has 2 aromatic rings. The zero-order valence-electron chi connectivity index (χ0n) is 21.8. The first-order valence-corrected chi connectivity index (χ1v) is 13.8. The number of ether oxygens (including phenoxy) is 3. The van der Waals surface area contributed by atoms with Gasteiger partial charge in [-0.15, -0.1) is 0 Å². The molecular weight excluding hydrogens is 550 g/mol. The molecule has 2 atom stereocenters. The minimum Gasteiger partial charge on any atom is -0.503 e. The minimum absolute atomic E-state index is 0.0403. The van der Waals surface area contributed by atoms with Gasteiger partial charge in [-0.3, -0.25) is 4.79 Å². The molecule has 3 aliphatic rings. The molecule has 0 unspecified atom stereocenters. The summed E-state index contributed by atoms with van der Waals surface area (Å²) in [6.07, 6.45) is 4.55. The number of phenols is 1. The molecule has 5 rings (SSSR count). The van der Waals surface area contributed by atoms with Crippen LogP contribution in [0.2, 0.25) is 0 Å². The van der Waals surface area contributed by atoms with Crippen molar-refractivity contribution in [3.8, 4) is 17.2 Å². The molecule has 0 bridgehead atoms. The number of allylic oxidation sites excluding steroid dienone is 3. The number of carbonyl (C=O) groups is 2. The van der Waals surface area contributed by atoms with Gasteiger partial charge in [0, 0.05) is 35.2 Å². The van der Waals surface area contributed by atoms with Crippen molar-refractivity contribution in [3.05, 3.63) is 74.5 Å². The Morgan fingerprint density at radius 2 is 1.76 bits per heavy atom. The van der Waals surface area contributed by atoms with Crippen molar-refractivity contribution in [1.29, 1.82) is 0 Å². The van der Waals surface area contributed by atoms with Gasteiger partial charge in [0.25, 0.3) is 0 Å². The zero-order valence-corrected chi connectivity index (χ0v) is 23.4. The highest BCUT2D eigenvalue weighted by atomic mass is 79.9. The highest BCUT2D eigenvalue weighted by molar-refractivity contribution is 9.10. The maximum absolute atomic E-state index is 13.9. The van der Waals surface area contributed by atoms with Crippen LogP contribution in [0.4, 0.5) is 0 Å². The molecule has 2 aliphatic carbocycles. The molecule has 2 N–H and O–H groups in total. The number of carbonyl (C=O) groups excluding carboxylic acids is 2. The van der Waals surface area contributed by atoms with Gasteiger partial charge in [-0.05, 0) is 84.3 Å². The highest BCUT2D eigenvalue weighted by Gasteiger charge is 2.42. The second kappa shape index (κ2) is 10.8. The van der Waals surface area contributed by atoms with Crippen LogP contribution in [0.3, 0.4) is 0 Å². The fourth-order valence-corrected chi connectivity index (χ4v) is 6.46. The van der Waals surface area contributed by atoms with Crippen LogP contribution in [0.25, 0.3) is 0 Å². The third-order valence-corrected chi connectivity index (χ3v) is 8.41. The lowest BCUT2D eigenvalue weighted by molar-refractivity contribution is -0.144. The first-order chi connectivity index (χ1) is 18.3. The SMILES string of the molecule is COc1ccccc1[C@H]1CC(=O)C2=C(C1)NC(C)=C(C(=O)OC1CCCC1)[C@H]2c1cc(Br)c(O)c(OC)c1. The van der Waals surface area contributed by atoms with Crippen LogP contribution in [0.1, 0.15) is 68.4 Å². The molecule has 0 amide bonds. The molecule has 1 fully saturated rings. The second-order valence-corrected chi connectivity index (χ2v) is 11.0. The van der Waals surface area contributed by atoms with Crippen LogP contribution < -0.4 is 14.8 Å². The molecule has 0 spiro atoms. The average molecular weight is 582 g/mol. The van der Waals surface area contributed by atoms with E-state index >= 15 is 0 Å². The Bertz CT molecular complexity index is 1340. The lowest BCUT2D eigenvalue weighted by Gasteiger charge is -2.37. The second-order valence-electron chi connectivity index (χ2n) is 10.1. The van der Waals surface area contributed by atoms with Crippen molar-refractivity contribution in [3.63, 3.8) is 0 Å². The number of nitrogens with one attached hydrogen (secondary N) is 1. The monoisotopic (exact) mass is 581 g/mol. The molecule has 8 heteroatoms. The summed E-state index contributed by atoms with van der Waals surface area (Å²) >= 11 is 3.41. The number of halogens is 1. The zero-order chi connectivity index (χ0) is 27.0. The smallest absolute Gasteiger partial charge is 0.337 e. The van der Waals surface area contributed by atoms with Gasteiger partial charge in [0.2, 0.25) is 0 Å². The summed E-state index contributed by atoms with van der Waals surface area (Å²) in [6, 6.07) is 11.2. The van der Waals surface area contributed by atoms with Gasteiger partial charge in [-0.1, -0.05) is 18.2 Å². The van der Waals surface area contributed by atoms with E-state index in [0.717, 1.165) is 42.7 Å². The Morgan fingerprint density at radius 1 is 1.05 bits per heavy atom. The summed E-state index contributed by atoms with van der Waals surface area (Å²) in [5.41, 5.74) is 4.07. The van der Waals surface area contributed by atoms with E-state index in [1.54, 1.807) is 19.2 Å². The summed E-state index contributed by atoms with van der Waals surface area (Å²) in [6.45, 7) is 1.85. The van der Waals surface area contributed by atoms with E-state index < -0.39 is 11.9 Å². The number of ketones is 1. The van der Waals surface area contributed by atoms with Crippen LogP contribution in [-0.2, 0) is 14.3 Å². The van der Waals surface area contributed by atoms with Gasteiger partial charge in [0.1, 0.15) is 11.9 Å². The van der Waals surface area contributed by atoms with E-state index in [0.29, 0.717) is 33.3 Å². The molecule has 38 heavy (non-hydrogen) atoms.